The number of aliphatic hydroxyl groups is 1. The van der Waals surface area contributed by atoms with Crippen molar-refractivity contribution in [1.82, 2.24) is 14.8 Å². The number of nitrogens with zero attached hydrogens (tertiary/aromatic N) is 3. The zero-order valence-electron chi connectivity index (χ0n) is 22.9. The van der Waals surface area contributed by atoms with Crippen LogP contribution in [-0.2, 0) is 11.2 Å². The molecule has 210 valence electrons. The van der Waals surface area contributed by atoms with E-state index in [9.17, 15) is 19.5 Å². The minimum absolute atomic E-state index is 0.0302. The van der Waals surface area contributed by atoms with Crippen LogP contribution in [0.4, 0.5) is 16.2 Å². The Kier molecular flexibility index (Phi) is 9.34. The topological polar surface area (TPSA) is 124 Å². The summed E-state index contributed by atoms with van der Waals surface area (Å²) in [4.78, 5) is 46.2. The maximum atomic E-state index is 13.4. The van der Waals surface area contributed by atoms with E-state index < -0.39 is 12.1 Å². The van der Waals surface area contributed by atoms with E-state index in [2.05, 4.69) is 15.6 Å². The van der Waals surface area contributed by atoms with Gasteiger partial charge in [0.05, 0.1) is 25.6 Å². The first-order valence-corrected chi connectivity index (χ1v) is 13.2. The molecule has 10 nitrogen and oxygen atoms in total. The fourth-order valence-corrected chi connectivity index (χ4v) is 4.52. The molecule has 1 aliphatic heterocycles. The zero-order valence-corrected chi connectivity index (χ0v) is 22.9. The predicted molar refractivity (Wildman–Crippen MR) is 152 cm³/mol. The van der Waals surface area contributed by atoms with Crippen LogP contribution in [0.1, 0.15) is 29.8 Å². The first kappa shape index (κ1) is 28.6. The van der Waals surface area contributed by atoms with Crippen molar-refractivity contribution >= 4 is 29.2 Å². The van der Waals surface area contributed by atoms with E-state index in [1.807, 2.05) is 37.3 Å². The number of likely N-dealkylation sites (N-methyl/N-ethyl adjacent to an activating group) is 1. The van der Waals surface area contributed by atoms with Crippen molar-refractivity contribution in [3.63, 3.8) is 0 Å². The number of benzene rings is 2. The number of fused-ring (bicyclic) bond motifs is 1. The number of carbonyl (C=O) groups excluding carboxylic acids is 3. The molecule has 0 unspecified atom stereocenters. The molecule has 0 spiro atoms. The summed E-state index contributed by atoms with van der Waals surface area (Å²) in [7, 11) is 1.69. The van der Waals surface area contributed by atoms with Crippen LogP contribution in [0.5, 0.6) is 5.75 Å². The first-order valence-electron chi connectivity index (χ1n) is 13.2. The molecular weight excluding hydrogens is 510 g/mol. The van der Waals surface area contributed by atoms with Crippen LogP contribution in [-0.4, -0.2) is 76.6 Å². The summed E-state index contributed by atoms with van der Waals surface area (Å²) in [5, 5.41) is 15.6. The maximum absolute atomic E-state index is 13.4. The molecule has 4 amide bonds. The maximum Gasteiger partial charge on any atom is 0.321 e. The van der Waals surface area contributed by atoms with Crippen LogP contribution in [0.2, 0.25) is 0 Å². The number of carbonyl (C=O) groups is 3. The van der Waals surface area contributed by atoms with Gasteiger partial charge in [-0.1, -0.05) is 25.1 Å². The van der Waals surface area contributed by atoms with Gasteiger partial charge in [-0.05, 0) is 49.4 Å². The minimum atomic E-state index is -0.457. The van der Waals surface area contributed by atoms with Crippen LogP contribution < -0.4 is 15.4 Å². The molecule has 1 aliphatic rings. The molecule has 0 saturated carbocycles. The van der Waals surface area contributed by atoms with Crippen molar-refractivity contribution in [2.45, 2.75) is 32.4 Å². The Labute approximate surface area is 234 Å². The number of hydrogen-bond acceptors (Lipinski definition) is 6. The van der Waals surface area contributed by atoms with Crippen molar-refractivity contribution in [3.8, 4) is 5.75 Å². The first-order chi connectivity index (χ1) is 19.2. The van der Waals surface area contributed by atoms with Gasteiger partial charge in [0.25, 0.3) is 5.91 Å². The summed E-state index contributed by atoms with van der Waals surface area (Å²) in [6.45, 7) is 4.18. The Balaban J connectivity index is 1.59. The molecule has 40 heavy (non-hydrogen) atoms. The second-order valence-electron chi connectivity index (χ2n) is 10.1. The van der Waals surface area contributed by atoms with Gasteiger partial charge < -0.3 is 30.3 Å². The van der Waals surface area contributed by atoms with Crippen molar-refractivity contribution in [2.24, 2.45) is 5.92 Å². The molecule has 0 radical (unpaired) electrons. The molecule has 0 fully saturated rings. The molecular formula is C30H35N5O5. The number of ether oxygens (including phenoxy) is 1. The average molecular weight is 546 g/mol. The Morgan fingerprint density at radius 2 is 1.82 bits per heavy atom. The zero-order chi connectivity index (χ0) is 28.6. The number of amides is 4. The number of hydrogen-bond donors (Lipinski definition) is 3. The van der Waals surface area contributed by atoms with Gasteiger partial charge in [-0.25, -0.2) is 4.79 Å². The molecule has 3 aromatic rings. The minimum Gasteiger partial charge on any atom is -0.488 e. The number of urea groups is 1. The smallest absolute Gasteiger partial charge is 0.321 e. The van der Waals surface area contributed by atoms with Crippen molar-refractivity contribution in [2.75, 3.05) is 37.4 Å². The van der Waals surface area contributed by atoms with Crippen molar-refractivity contribution < 1.29 is 24.2 Å². The third-order valence-corrected chi connectivity index (χ3v) is 6.94. The molecule has 0 bridgehead atoms. The lowest BCUT2D eigenvalue weighted by Crippen LogP contribution is -2.48. The summed E-state index contributed by atoms with van der Waals surface area (Å²) >= 11 is 0. The Morgan fingerprint density at radius 3 is 2.52 bits per heavy atom. The molecule has 0 saturated heterocycles. The third-order valence-electron chi connectivity index (χ3n) is 6.94. The van der Waals surface area contributed by atoms with Gasteiger partial charge in [0.15, 0.2) is 0 Å². The van der Waals surface area contributed by atoms with Gasteiger partial charge in [-0.2, -0.15) is 0 Å². The molecule has 4 rings (SSSR count). The van der Waals surface area contributed by atoms with E-state index in [1.54, 1.807) is 66.5 Å². The van der Waals surface area contributed by atoms with Crippen molar-refractivity contribution in [1.29, 1.82) is 0 Å². The molecule has 0 aliphatic carbocycles. The van der Waals surface area contributed by atoms with Crippen LogP contribution in [0, 0.1) is 5.92 Å². The summed E-state index contributed by atoms with van der Waals surface area (Å²) in [6, 6.07) is 16.9. The Bertz CT molecular complexity index is 1320. The summed E-state index contributed by atoms with van der Waals surface area (Å²) in [5.74, 6) is -0.123. The van der Waals surface area contributed by atoms with Crippen LogP contribution in [0.25, 0.3) is 0 Å². The standard InChI is InChI=1S/C30H35N5O5/c1-20-17-35(21(2)19-36)28(37)16-23-15-25(32-29(38)22-11-13-31-14-12-22)9-10-26(23)40-27(20)18-34(3)30(39)33-24-7-5-4-6-8-24/h4-15,20-21,27,36H,16-19H2,1-3H3,(H,32,38)(H,33,39)/t20-,21+,27+/m1/s1. The molecule has 3 atom stereocenters. The van der Waals surface area contributed by atoms with Crippen LogP contribution in [0.15, 0.2) is 73.1 Å². The Hall–Kier alpha value is -4.44. The second kappa shape index (κ2) is 13.1. The quantitative estimate of drug-likeness (QED) is 0.416. The Morgan fingerprint density at radius 1 is 1.10 bits per heavy atom. The predicted octanol–water partition coefficient (Wildman–Crippen LogP) is 3.65. The van der Waals surface area contributed by atoms with E-state index >= 15 is 0 Å². The third kappa shape index (κ3) is 7.15. The van der Waals surface area contributed by atoms with E-state index in [4.69, 9.17) is 4.74 Å². The SMILES string of the molecule is C[C@@H]1CN([C@@H](C)CO)C(=O)Cc2cc(NC(=O)c3ccncc3)ccc2O[C@H]1CN(C)C(=O)Nc1ccccc1. The largest absolute Gasteiger partial charge is 0.488 e. The summed E-state index contributed by atoms with van der Waals surface area (Å²) < 4.78 is 6.47. The fraction of sp³-hybridized carbons (Fsp3) is 0.333. The normalized spacial score (nSPS) is 17.8. The summed E-state index contributed by atoms with van der Waals surface area (Å²) in [6.07, 6.45) is 2.66. The van der Waals surface area contributed by atoms with E-state index in [1.165, 1.54) is 0 Å². The summed E-state index contributed by atoms with van der Waals surface area (Å²) in [5.41, 5.74) is 2.26. The van der Waals surface area contributed by atoms with Crippen LogP contribution >= 0.6 is 0 Å². The average Bonchev–Trinajstić information content (AvgIpc) is 3.01. The number of para-hydroxylation sites is 1. The number of pyridine rings is 1. The number of rotatable bonds is 7. The highest BCUT2D eigenvalue weighted by Gasteiger charge is 2.32. The lowest BCUT2D eigenvalue weighted by atomic mass is 10.0. The highest BCUT2D eigenvalue weighted by molar-refractivity contribution is 6.04. The molecule has 2 heterocycles. The lowest BCUT2D eigenvalue weighted by molar-refractivity contribution is -0.134. The highest BCUT2D eigenvalue weighted by atomic mass is 16.5. The van der Waals surface area contributed by atoms with Gasteiger partial charge in [-0.3, -0.25) is 14.6 Å². The van der Waals surface area contributed by atoms with E-state index in [0.717, 1.165) is 0 Å². The lowest BCUT2D eigenvalue weighted by Gasteiger charge is -2.34. The van der Waals surface area contributed by atoms with E-state index in [-0.39, 0.29) is 43.3 Å². The molecule has 3 N–H and O–H groups in total. The van der Waals surface area contributed by atoms with Crippen molar-refractivity contribution in [3.05, 3.63) is 84.2 Å². The van der Waals surface area contributed by atoms with Gasteiger partial charge >= 0.3 is 6.03 Å². The van der Waals surface area contributed by atoms with Crippen LogP contribution in [0.3, 0.4) is 0 Å². The number of nitrogens with one attached hydrogen (secondary N) is 2. The van der Waals surface area contributed by atoms with Gasteiger partial charge in [-0.15, -0.1) is 0 Å². The molecule has 2 aromatic carbocycles. The number of aliphatic hydroxyl groups excluding tert-OH is 1. The van der Waals surface area contributed by atoms with Gasteiger partial charge in [0, 0.05) is 54.4 Å². The monoisotopic (exact) mass is 545 g/mol. The number of aromatic nitrogens is 1. The fourth-order valence-electron chi connectivity index (χ4n) is 4.52. The van der Waals surface area contributed by atoms with Gasteiger partial charge in [0.1, 0.15) is 11.9 Å². The van der Waals surface area contributed by atoms with Gasteiger partial charge in [0.2, 0.25) is 5.91 Å². The highest BCUT2D eigenvalue weighted by Crippen LogP contribution is 2.29. The second-order valence-corrected chi connectivity index (χ2v) is 10.1. The molecule has 10 heteroatoms. The molecule has 1 aromatic heterocycles. The van der Waals surface area contributed by atoms with E-state index in [0.29, 0.717) is 34.8 Å². The number of anilines is 2.